The van der Waals surface area contributed by atoms with Crippen LogP contribution in [0.4, 0.5) is 0 Å². The highest BCUT2D eigenvalue weighted by Gasteiger charge is 2.18. The molecule has 0 spiro atoms. The molecule has 0 unspecified atom stereocenters. The van der Waals surface area contributed by atoms with Crippen LogP contribution in [0.3, 0.4) is 0 Å². The van der Waals surface area contributed by atoms with Gasteiger partial charge in [0.2, 0.25) is 6.79 Å². The topological polar surface area (TPSA) is 103 Å². The van der Waals surface area contributed by atoms with Crippen LogP contribution in [0.25, 0.3) is 6.08 Å². The maximum atomic E-state index is 12.7. The molecule has 0 atom stereocenters. The number of hydrogen-bond donors (Lipinski definition) is 2. The first-order valence-corrected chi connectivity index (χ1v) is 8.46. The summed E-state index contributed by atoms with van der Waals surface area (Å²) in [5.41, 5.74) is 0.707. The highest BCUT2D eigenvalue weighted by molar-refractivity contribution is 6.04. The minimum Gasteiger partial charge on any atom is -0.467 e. The summed E-state index contributed by atoms with van der Waals surface area (Å²) < 4.78 is 20.9. The summed E-state index contributed by atoms with van der Waals surface area (Å²) in [5, 5.41) is 5.29. The van der Waals surface area contributed by atoms with Crippen LogP contribution in [0.1, 0.15) is 21.9 Å². The monoisotopic (exact) mass is 380 g/mol. The highest BCUT2D eigenvalue weighted by Crippen LogP contribution is 2.33. The zero-order chi connectivity index (χ0) is 19.3. The van der Waals surface area contributed by atoms with E-state index in [1.807, 2.05) is 0 Å². The fourth-order valence-electron chi connectivity index (χ4n) is 2.60. The number of amides is 2. The molecule has 0 radical (unpaired) electrons. The third kappa shape index (κ3) is 3.90. The Labute approximate surface area is 159 Å². The third-order valence-electron chi connectivity index (χ3n) is 3.95. The molecule has 1 aliphatic heterocycles. The van der Waals surface area contributed by atoms with Gasteiger partial charge >= 0.3 is 0 Å². The van der Waals surface area contributed by atoms with Crippen molar-refractivity contribution in [2.45, 2.75) is 6.54 Å². The molecular weight excluding hydrogens is 364 g/mol. The molecule has 4 rings (SSSR count). The van der Waals surface area contributed by atoms with Gasteiger partial charge in [0.15, 0.2) is 17.3 Å². The first kappa shape index (κ1) is 17.5. The fourth-order valence-corrected chi connectivity index (χ4v) is 2.60. The Hall–Kier alpha value is -3.94. The van der Waals surface area contributed by atoms with Crippen molar-refractivity contribution in [3.05, 3.63) is 77.8 Å². The molecule has 2 N–H and O–H groups in total. The fraction of sp³-hybridized carbons (Fsp3) is 0.100. The molecule has 2 aromatic heterocycles. The van der Waals surface area contributed by atoms with Gasteiger partial charge in [0.05, 0.1) is 19.1 Å². The molecule has 142 valence electrons. The molecule has 0 bridgehead atoms. The lowest BCUT2D eigenvalue weighted by molar-refractivity contribution is -0.118. The standard InChI is InChI=1S/C20H16N2O6/c23-19(21-11-14-3-1-7-25-14)15(22-20(24)17-4-2-8-26-17)9-13-5-6-16-18(10-13)28-12-27-16/h1-10H,11-12H2,(H,21,23)(H,22,24)/b15-9+. The molecule has 0 aliphatic carbocycles. The summed E-state index contributed by atoms with van der Waals surface area (Å²) in [5.74, 6) is 0.865. The highest BCUT2D eigenvalue weighted by atomic mass is 16.7. The Bertz CT molecular complexity index is 1010. The predicted molar refractivity (Wildman–Crippen MR) is 97.3 cm³/mol. The van der Waals surface area contributed by atoms with E-state index in [0.29, 0.717) is 22.8 Å². The van der Waals surface area contributed by atoms with Gasteiger partial charge in [-0.1, -0.05) is 6.07 Å². The number of nitrogens with one attached hydrogen (secondary N) is 2. The van der Waals surface area contributed by atoms with Gasteiger partial charge in [0.25, 0.3) is 11.8 Å². The van der Waals surface area contributed by atoms with Crippen LogP contribution in [0.5, 0.6) is 11.5 Å². The number of carbonyl (C=O) groups excluding carboxylic acids is 2. The van der Waals surface area contributed by atoms with Crippen LogP contribution in [0.15, 0.2) is 69.5 Å². The molecule has 2 amide bonds. The maximum absolute atomic E-state index is 12.7. The first-order valence-electron chi connectivity index (χ1n) is 8.46. The third-order valence-corrected chi connectivity index (χ3v) is 3.95. The Morgan fingerprint density at radius 3 is 2.61 bits per heavy atom. The Balaban J connectivity index is 1.56. The van der Waals surface area contributed by atoms with E-state index in [9.17, 15) is 9.59 Å². The molecule has 0 fully saturated rings. The van der Waals surface area contributed by atoms with Gasteiger partial charge in [0.1, 0.15) is 11.5 Å². The minimum absolute atomic E-state index is 0.0480. The molecular formula is C20H16N2O6. The van der Waals surface area contributed by atoms with Crippen LogP contribution >= 0.6 is 0 Å². The number of benzene rings is 1. The average molecular weight is 380 g/mol. The van der Waals surface area contributed by atoms with E-state index in [1.54, 1.807) is 42.5 Å². The smallest absolute Gasteiger partial charge is 0.291 e. The summed E-state index contributed by atoms with van der Waals surface area (Å²) in [4.78, 5) is 25.0. The molecule has 28 heavy (non-hydrogen) atoms. The molecule has 3 heterocycles. The number of carbonyl (C=O) groups is 2. The second-order valence-corrected chi connectivity index (χ2v) is 5.86. The van der Waals surface area contributed by atoms with Crippen LogP contribution in [0.2, 0.25) is 0 Å². The summed E-state index contributed by atoms with van der Waals surface area (Å²) in [7, 11) is 0. The molecule has 0 saturated carbocycles. The number of ether oxygens (including phenoxy) is 2. The Morgan fingerprint density at radius 2 is 1.82 bits per heavy atom. The number of rotatable bonds is 6. The SMILES string of the molecule is O=C(NCc1ccco1)/C(=C\c1ccc2c(c1)OCO2)NC(=O)c1ccco1. The lowest BCUT2D eigenvalue weighted by Crippen LogP contribution is -2.34. The van der Waals surface area contributed by atoms with Crippen molar-refractivity contribution >= 4 is 17.9 Å². The first-order chi connectivity index (χ1) is 13.7. The van der Waals surface area contributed by atoms with E-state index >= 15 is 0 Å². The van der Waals surface area contributed by atoms with E-state index in [0.717, 1.165) is 0 Å². The van der Waals surface area contributed by atoms with Crippen molar-refractivity contribution in [1.29, 1.82) is 0 Å². The molecule has 8 heteroatoms. The summed E-state index contributed by atoms with van der Waals surface area (Å²) in [6.45, 7) is 0.329. The Morgan fingerprint density at radius 1 is 1.00 bits per heavy atom. The van der Waals surface area contributed by atoms with Crippen molar-refractivity contribution in [3.63, 3.8) is 0 Å². The molecule has 8 nitrogen and oxygen atoms in total. The zero-order valence-electron chi connectivity index (χ0n) is 14.6. The van der Waals surface area contributed by atoms with E-state index < -0.39 is 11.8 Å². The van der Waals surface area contributed by atoms with Crippen molar-refractivity contribution in [1.82, 2.24) is 10.6 Å². The number of hydrogen-bond acceptors (Lipinski definition) is 6. The minimum atomic E-state index is -0.537. The summed E-state index contributed by atoms with van der Waals surface area (Å²) in [6, 6.07) is 11.8. The lowest BCUT2D eigenvalue weighted by atomic mass is 10.1. The van der Waals surface area contributed by atoms with Gasteiger partial charge in [-0.3, -0.25) is 9.59 Å². The second-order valence-electron chi connectivity index (χ2n) is 5.86. The van der Waals surface area contributed by atoms with E-state index in [-0.39, 0.29) is 24.8 Å². The summed E-state index contributed by atoms with van der Waals surface area (Å²) in [6.07, 6.45) is 4.44. The van der Waals surface area contributed by atoms with Crippen LogP contribution < -0.4 is 20.1 Å². The van der Waals surface area contributed by atoms with Crippen molar-refractivity contribution in [2.75, 3.05) is 6.79 Å². The van der Waals surface area contributed by atoms with Crippen molar-refractivity contribution < 1.29 is 27.9 Å². The molecule has 3 aromatic rings. The predicted octanol–water partition coefficient (Wildman–Crippen LogP) is 2.69. The van der Waals surface area contributed by atoms with E-state index in [2.05, 4.69) is 10.6 Å². The van der Waals surface area contributed by atoms with Gasteiger partial charge in [-0.25, -0.2) is 0 Å². The normalized spacial score (nSPS) is 12.6. The van der Waals surface area contributed by atoms with Crippen molar-refractivity contribution in [2.24, 2.45) is 0 Å². The number of fused-ring (bicyclic) bond motifs is 1. The zero-order valence-corrected chi connectivity index (χ0v) is 14.6. The van der Waals surface area contributed by atoms with E-state index in [4.69, 9.17) is 18.3 Å². The largest absolute Gasteiger partial charge is 0.467 e. The van der Waals surface area contributed by atoms with Gasteiger partial charge in [0, 0.05) is 0 Å². The van der Waals surface area contributed by atoms with Gasteiger partial charge in [-0.05, 0) is 48.0 Å². The average Bonchev–Trinajstić information content (AvgIpc) is 3.47. The quantitative estimate of drug-likeness (QED) is 0.638. The Kier molecular flexibility index (Phi) is 4.83. The van der Waals surface area contributed by atoms with Crippen LogP contribution in [-0.2, 0) is 11.3 Å². The summed E-state index contributed by atoms with van der Waals surface area (Å²) >= 11 is 0. The van der Waals surface area contributed by atoms with Gasteiger partial charge < -0.3 is 28.9 Å². The number of furan rings is 2. The molecule has 1 aromatic carbocycles. The van der Waals surface area contributed by atoms with Crippen LogP contribution in [-0.4, -0.2) is 18.6 Å². The molecule has 1 aliphatic rings. The lowest BCUT2D eigenvalue weighted by Gasteiger charge is -2.10. The maximum Gasteiger partial charge on any atom is 0.291 e. The van der Waals surface area contributed by atoms with Crippen LogP contribution in [0, 0.1) is 0 Å². The van der Waals surface area contributed by atoms with Gasteiger partial charge in [-0.15, -0.1) is 0 Å². The van der Waals surface area contributed by atoms with E-state index in [1.165, 1.54) is 18.6 Å². The van der Waals surface area contributed by atoms with Gasteiger partial charge in [-0.2, -0.15) is 0 Å². The molecule has 0 saturated heterocycles. The second kappa shape index (κ2) is 7.75. The van der Waals surface area contributed by atoms with Crippen molar-refractivity contribution in [3.8, 4) is 11.5 Å².